The first kappa shape index (κ1) is 23.4. The van der Waals surface area contributed by atoms with Crippen LogP contribution in [0.2, 0.25) is 0 Å². The van der Waals surface area contributed by atoms with Crippen molar-refractivity contribution in [1.29, 1.82) is 0 Å². The van der Waals surface area contributed by atoms with Gasteiger partial charge in [-0.1, -0.05) is 224 Å². The van der Waals surface area contributed by atoms with Crippen molar-refractivity contribution in [2.24, 2.45) is 0 Å². The quantitative estimate of drug-likeness (QED) is 0.107. The predicted octanol–water partition coefficient (Wildman–Crippen LogP) is 13.4. The molecule has 0 aliphatic heterocycles. The van der Waals surface area contributed by atoms with Gasteiger partial charge in [0.05, 0.1) is 48.2 Å². The molecule has 0 spiro atoms. The molecule has 0 atom stereocenters. The summed E-state index contributed by atoms with van der Waals surface area (Å²) in [5.41, 5.74) is -3.67. The average Bonchev–Trinajstić information content (AvgIpc) is 1.49. The molecule has 69 heavy (non-hydrogen) atoms. The summed E-state index contributed by atoms with van der Waals surface area (Å²) in [4.78, 5) is 14.4. The fraction of sp³-hybridized carbons (Fsp3) is 0. The molecule has 13 aromatic rings. The number of hydrogen-bond acceptors (Lipinski definition) is 4. The molecular weight excluding hydrogens is 873 g/mol. The zero-order valence-corrected chi connectivity index (χ0v) is 37.5. The van der Waals surface area contributed by atoms with Crippen LogP contribution in [0.4, 0.5) is 0 Å². The van der Waals surface area contributed by atoms with Gasteiger partial charge in [0.1, 0.15) is 0 Å². The third-order valence-electron chi connectivity index (χ3n) is 12.0. The highest BCUT2D eigenvalue weighted by atomic mass is 32.1. The van der Waals surface area contributed by atoms with Gasteiger partial charge in [-0.3, -0.25) is 0 Å². The van der Waals surface area contributed by atoms with Gasteiger partial charge in [-0.15, -0.1) is 11.3 Å². The maximum absolute atomic E-state index is 9.79. The van der Waals surface area contributed by atoms with Crippen LogP contribution < -0.4 is 20.7 Å². The van der Waals surface area contributed by atoms with E-state index in [0.29, 0.717) is 0 Å². The Morgan fingerprint density at radius 3 is 1.45 bits per heavy atom. The normalized spacial score (nSPS) is 16.4. The zero-order chi connectivity index (χ0) is 65.7. The van der Waals surface area contributed by atoms with Crippen molar-refractivity contribution in [3.63, 3.8) is 0 Å². The monoisotopic (exact) mass is 937 g/mol. The van der Waals surface area contributed by atoms with E-state index in [0.717, 1.165) is 36.7 Å². The number of nitrogens with zero attached hydrogens (tertiary/aromatic N) is 4. The lowest BCUT2D eigenvalue weighted by Crippen LogP contribution is -2.74. The molecule has 0 saturated carbocycles. The van der Waals surface area contributed by atoms with Crippen LogP contribution in [0.15, 0.2) is 254 Å². The molecule has 0 aliphatic carbocycles. The molecule has 0 N–H and O–H groups in total. The Labute approximate surface area is 437 Å². The third-order valence-corrected chi connectivity index (χ3v) is 17.9. The SMILES string of the molecule is [2H]c1c([2H])c([2H])c(-n2c3c([2H])c([2H])c([2H])c([2H])c3c3c([2H])c([2H])c([2H])c([2H])c32)c(-c2nc(-c3ccc([Si](c4ccccc4)(c4ccccc4)c4ccccc4)cc3)nc(-c3c([2H])c([2H])c(-c4c([2H])c([2H])c([2H])c5c4sc4c([2H])c([2H])c([2H])c([2H])c45)c([2H])c3[2H])n2)c1[2H]. The largest absolute Gasteiger partial charge is 0.309 e. The molecule has 10 aromatic carbocycles. The number of fused-ring (bicyclic) bond motifs is 6. The fourth-order valence-electron chi connectivity index (χ4n) is 9.00. The van der Waals surface area contributed by atoms with Crippen LogP contribution in [-0.4, -0.2) is 27.6 Å². The van der Waals surface area contributed by atoms with E-state index >= 15 is 0 Å². The summed E-state index contributed by atoms with van der Waals surface area (Å²) < 4.78 is 211. The van der Waals surface area contributed by atoms with E-state index in [1.165, 1.54) is 0 Å². The van der Waals surface area contributed by atoms with Crippen molar-refractivity contribution >= 4 is 82.1 Å². The number of para-hydroxylation sites is 3. The van der Waals surface area contributed by atoms with Crippen molar-refractivity contribution in [3.05, 3.63) is 254 Å². The maximum Gasteiger partial charge on any atom is 0.179 e. The van der Waals surface area contributed by atoms with Crippen LogP contribution in [0, 0.1) is 0 Å². The van der Waals surface area contributed by atoms with Crippen LogP contribution in [0.5, 0.6) is 0 Å². The second-order valence-electron chi connectivity index (χ2n) is 15.7. The lowest BCUT2D eigenvalue weighted by molar-refractivity contribution is 1.06. The minimum atomic E-state index is -3.21. The second kappa shape index (κ2) is 17.0. The molecule has 0 saturated heterocycles. The van der Waals surface area contributed by atoms with Gasteiger partial charge in [-0.25, -0.2) is 15.0 Å². The van der Waals surface area contributed by atoms with Gasteiger partial charge in [0.15, 0.2) is 25.5 Å². The van der Waals surface area contributed by atoms with E-state index in [2.05, 4.69) is 36.4 Å². The number of hydrogen-bond donors (Lipinski definition) is 0. The van der Waals surface area contributed by atoms with Crippen LogP contribution in [0.3, 0.4) is 0 Å². The Morgan fingerprint density at radius 2 is 0.826 bits per heavy atom. The van der Waals surface area contributed by atoms with Gasteiger partial charge >= 0.3 is 0 Å². The lowest BCUT2D eigenvalue weighted by Gasteiger charge is -2.34. The van der Waals surface area contributed by atoms with Crippen molar-refractivity contribution in [2.45, 2.75) is 0 Å². The number of rotatable bonds is 9. The van der Waals surface area contributed by atoms with Crippen molar-refractivity contribution in [3.8, 4) is 51.0 Å². The minimum Gasteiger partial charge on any atom is -0.309 e. The van der Waals surface area contributed by atoms with Crippen LogP contribution in [0.1, 0.15) is 31.5 Å². The summed E-state index contributed by atoms with van der Waals surface area (Å²) >= 11 is 0.722. The second-order valence-corrected chi connectivity index (χ2v) is 20.6. The van der Waals surface area contributed by atoms with Crippen molar-refractivity contribution in [1.82, 2.24) is 19.5 Å². The Bertz CT molecular complexity index is 5180. The smallest absolute Gasteiger partial charge is 0.179 e. The van der Waals surface area contributed by atoms with Crippen molar-refractivity contribution in [2.75, 3.05) is 0 Å². The van der Waals surface area contributed by atoms with Crippen molar-refractivity contribution < 1.29 is 31.5 Å². The van der Waals surface area contributed by atoms with Gasteiger partial charge in [0.25, 0.3) is 0 Å². The molecule has 6 heteroatoms. The molecule has 13 rings (SSSR count). The van der Waals surface area contributed by atoms with Gasteiger partial charge in [0, 0.05) is 47.6 Å². The van der Waals surface area contributed by atoms with E-state index < -0.39 is 203 Å². The Kier molecular flexibility index (Phi) is 5.76. The summed E-state index contributed by atoms with van der Waals surface area (Å²) in [6, 6.07) is 19.6. The molecule has 3 aromatic heterocycles. The van der Waals surface area contributed by atoms with E-state index in [1.54, 1.807) is 12.1 Å². The molecule has 0 bridgehead atoms. The van der Waals surface area contributed by atoms with Gasteiger partial charge < -0.3 is 4.57 Å². The molecule has 0 amide bonds. The number of thiophene rings is 1. The van der Waals surface area contributed by atoms with Crippen LogP contribution in [0.25, 0.3) is 93.0 Å². The van der Waals surface area contributed by atoms with Gasteiger partial charge in [-0.2, -0.15) is 0 Å². The van der Waals surface area contributed by atoms with E-state index in [4.69, 9.17) is 34.1 Å². The first-order valence-electron chi connectivity index (χ1n) is 33.0. The zero-order valence-electron chi connectivity index (χ0n) is 58.7. The highest BCUT2D eigenvalue weighted by molar-refractivity contribution is 7.26. The molecule has 4 nitrogen and oxygen atoms in total. The predicted molar refractivity (Wildman–Crippen MR) is 292 cm³/mol. The standard InChI is InChI=1S/C63H42N4SSi/c1-4-19-46(20-5-1)69(47-21-6-2-7-22-47,48-23-8-3-9-24-48)49-41-39-45(40-42-49)62-64-61(44-37-35-43(36-38-44)50-29-18-30-54-53-27-13-17-34-59(53)68-60(50)54)65-63(66-62)55-28-12-16-33-58(55)67-56-31-14-10-25-51(56)52-26-11-15-32-57(52)67/h1-42H/i10D,11D,12D,13D,14D,15D,16D,17D,18D,25D,26D,27D,28D,29D,30D,31D,32D,33D,34D,35D,36D,37D,38D. The van der Waals surface area contributed by atoms with Gasteiger partial charge in [-0.05, 0) is 62.1 Å². The summed E-state index contributed by atoms with van der Waals surface area (Å²) in [5, 5.41) is 2.80. The summed E-state index contributed by atoms with van der Waals surface area (Å²) in [5.74, 6) is -1.56. The third kappa shape index (κ3) is 6.83. The van der Waals surface area contributed by atoms with E-state index in [-0.39, 0.29) is 37.1 Å². The minimum absolute atomic E-state index is 0.0518. The highest BCUT2D eigenvalue weighted by Gasteiger charge is 2.41. The molecule has 3 heterocycles. The molecule has 0 radical (unpaired) electrons. The highest BCUT2D eigenvalue weighted by Crippen LogP contribution is 2.41. The number of benzene rings is 10. The van der Waals surface area contributed by atoms with E-state index in [1.807, 2.05) is 66.7 Å². The Balaban J connectivity index is 1.14. The molecule has 0 fully saturated rings. The van der Waals surface area contributed by atoms with Crippen LogP contribution >= 0.6 is 11.3 Å². The molecule has 324 valence electrons. The Morgan fingerprint density at radius 1 is 0.362 bits per heavy atom. The summed E-state index contributed by atoms with van der Waals surface area (Å²) in [7, 11) is -3.21. The maximum atomic E-state index is 9.79. The molecule has 0 aliphatic rings. The van der Waals surface area contributed by atoms with Crippen LogP contribution in [-0.2, 0) is 0 Å². The average molecular weight is 938 g/mol. The molecular formula is C63H42N4SSi. The Hall–Kier alpha value is -8.55. The first-order chi connectivity index (χ1) is 43.8. The fourth-order valence-corrected chi connectivity index (χ4v) is 14.8. The number of aromatic nitrogens is 4. The summed E-state index contributed by atoms with van der Waals surface area (Å²) in [6.45, 7) is 0. The van der Waals surface area contributed by atoms with E-state index in [9.17, 15) is 12.3 Å². The topological polar surface area (TPSA) is 43.6 Å². The lowest BCUT2D eigenvalue weighted by atomic mass is 10.0. The summed E-state index contributed by atoms with van der Waals surface area (Å²) in [6.07, 6.45) is 0. The first-order valence-corrected chi connectivity index (χ1v) is 24.3. The molecule has 0 unspecified atom stereocenters. The van der Waals surface area contributed by atoms with Gasteiger partial charge in [0.2, 0.25) is 0 Å².